The van der Waals surface area contributed by atoms with E-state index in [1.807, 2.05) is 22.6 Å². The summed E-state index contributed by atoms with van der Waals surface area (Å²) in [5.41, 5.74) is 0. The van der Waals surface area contributed by atoms with Gasteiger partial charge in [-0.2, -0.15) is 0 Å². The molecule has 2 atom stereocenters. The van der Waals surface area contributed by atoms with Crippen LogP contribution >= 0.6 is 22.6 Å². The van der Waals surface area contributed by atoms with Crippen LogP contribution in [0.4, 0.5) is 4.39 Å². The Bertz CT molecular complexity index is 136. The normalized spacial score (nSPS) is 57.7. The van der Waals surface area contributed by atoms with Gasteiger partial charge in [-0.1, -0.05) is 0 Å². The third kappa shape index (κ3) is 0.729. The summed E-state index contributed by atoms with van der Waals surface area (Å²) in [6.07, 6.45) is 0. The maximum absolute atomic E-state index is 13.0. The van der Waals surface area contributed by atoms with E-state index in [4.69, 9.17) is 5.84 Å². The van der Waals surface area contributed by atoms with Crippen molar-refractivity contribution in [2.45, 2.75) is 3.68 Å². The first-order valence-electron chi connectivity index (χ1n) is 3.00. The van der Waals surface area contributed by atoms with E-state index in [0.717, 1.165) is 13.1 Å². The molecule has 52 valence electrons. The van der Waals surface area contributed by atoms with E-state index in [-0.39, 0.29) is 11.8 Å². The monoisotopic (exact) mass is 242 g/mol. The molecule has 0 spiro atoms. The van der Waals surface area contributed by atoms with Crippen LogP contribution < -0.4 is 5.84 Å². The Morgan fingerprint density at radius 3 is 2.33 bits per heavy atom. The topological polar surface area (TPSA) is 29.3 Å². The summed E-state index contributed by atoms with van der Waals surface area (Å²) in [5.74, 6) is 5.89. The van der Waals surface area contributed by atoms with Gasteiger partial charge in [0.05, 0.1) is 0 Å². The Morgan fingerprint density at radius 1 is 1.56 bits per heavy atom. The number of hydrogen-bond donors (Lipinski definition) is 1. The minimum Gasteiger partial charge on any atom is -0.269 e. The molecule has 0 aromatic heterocycles. The van der Waals surface area contributed by atoms with Gasteiger partial charge in [-0.15, -0.1) is 0 Å². The predicted octanol–water partition coefficient (Wildman–Crippen LogP) is 0.523. The van der Waals surface area contributed by atoms with Crippen LogP contribution in [0.5, 0.6) is 0 Å². The molecule has 1 aliphatic heterocycles. The number of alkyl halides is 2. The van der Waals surface area contributed by atoms with Crippen molar-refractivity contribution in [1.82, 2.24) is 5.01 Å². The van der Waals surface area contributed by atoms with Crippen molar-refractivity contribution in [2.75, 3.05) is 13.1 Å². The van der Waals surface area contributed by atoms with Crippen LogP contribution in [0.2, 0.25) is 0 Å². The second kappa shape index (κ2) is 1.60. The number of halogens is 2. The Morgan fingerprint density at radius 2 is 2.00 bits per heavy atom. The summed E-state index contributed by atoms with van der Waals surface area (Å²) >= 11 is 1.89. The van der Waals surface area contributed by atoms with Gasteiger partial charge in [0.1, 0.15) is 0 Å². The molecule has 0 aromatic carbocycles. The van der Waals surface area contributed by atoms with Gasteiger partial charge in [-0.3, -0.25) is 5.84 Å². The lowest BCUT2D eigenvalue weighted by Crippen LogP contribution is -2.33. The average Bonchev–Trinajstić information content (AvgIpc) is 2.27. The summed E-state index contributed by atoms with van der Waals surface area (Å²) in [7, 11) is 0. The fourth-order valence-electron chi connectivity index (χ4n) is 1.54. The highest BCUT2D eigenvalue weighted by atomic mass is 127. The third-order valence-electron chi connectivity index (χ3n) is 2.23. The van der Waals surface area contributed by atoms with Crippen LogP contribution in [-0.4, -0.2) is 21.8 Å². The first kappa shape index (κ1) is 6.30. The molecule has 0 aromatic rings. The van der Waals surface area contributed by atoms with Crippen LogP contribution in [-0.2, 0) is 0 Å². The van der Waals surface area contributed by atoms with Gasteiger partial charge in [-0.05, 0) is 22.6 Å². The second-order valence-electron chi connectivity index (χ2n) is 2.84. The fourth-order valence-corrected chi connectivity index (χ4v) is 2.62. The minimum absolute atomic E-state index is 0.225. The SMILES string of the molecule is NN1CC2C(C1)C2(F)I. The highest BCUT2D eigenvalue weighted by Gasteiger charge is 2.68. The number of piperidine rings is 1. The Kier molecular flexibility index (Phi) is 1.12. The Labute approximate surface area is 66.7 Å². The van der Waals surface area contributed by atoms with Crippen LogP contribution in [0.1, 0.15) is 0 Å². The van der Waals surface area contributed by atoms with Gasteiger partial charge in [0.15, 0.2) is 3.68 Å². The van der Waals surface area contributed by atoms with Crippen molar-refractivity contribution in [3.05, 3.63) is 0 Å². The van der Waals surface area contributed by atoms with Gasteiger partial charge in [0, 0.05) is 24.9 Å². The average molecular weight is 242 g/mol. The maximum Gasteiger partial charge on any atom is 0.170 e. The third-order valence-corrected chi connectivity index (χ3v) is 3.83. The van der Waals surface area contributed by atoms with Gasteiger partial charge in [-0.25, -0.2) is 9.40 Å². The second-order valence-corrected chi connectivity index (χ2v) is 4.49. The van der Waals surface area contributed by atoms with Gasteiger partial charge in [0.25, 0.3) is 0 Å². The van der Waals surface area contributed by atoms with Crippen LogP contribution in [0, 0.1) is 11.8 Å². The largest absolute Gasteiger partial charge is 0.269 e. The summed E-state index contributed by atoms with van der Waals surface area (Å²) < 4.78 is 12.1. The van der Waals surface area contributed by atoms with Crippen LogP contribution in [0.25, 0.3) is 0 Å². The molecule has 2 nitrogen and oxygen atoms in total. The highest BCUT2D eigenvalue weighted by Crippen LogP contribution is 2.61. The van der Waals surface area contributed by atoms with E-state index >= 15 is 0 Å². The van der Waals surface area contributed by atoms with E-state index < -0.39 is 3.68 Å². The molecular formula is C5H8FIN2. The number of rotatable bonds is 0. The summed E-state index contributed by atoms with van der Waals surface area (Å²) in [6, 6.07) is 0. The molecule has 2 aliphatic rings. The molecule has 1 aliphatic carbocycles. The zero-order valence-corrected chi connectivity index (χ0v) is 7.01. The number of hydrazine groups is 1. The van der Waals surface area contributed by atoms with Gasteiger partial charge < -0.3 is 0 Å². The molecule has 1 saturated heterocycles. The zero-order chi connectivity index (χ0) is 6.65. The molecule has 9 heavy (non-hydrogen) atoms. The van der Waals surface area contributed by atoms with Crippen LogP contribution in [0.15, 0.2) is 0 Å². The van der Waals surface area contributed by atoms with Crippen molar-refractivity contribution in [3.63, 3.8) is 0 Å². The quantitative estimate of drug-likeness (QED) is 0.381. The number of nitrogens with two attached hydrogens (primary N) is 1. The number of nitrogens with zero attached hydrogens (tertiary/aromatic N) is 1. The molecule has 2 N–H and O–H groups in total. The molecule has 1 saturated carbocycles. The number of fused-ring (bicyclic) bond motifs is 1. The highest BCUT2D eigenvalue weighted by molar-refractivity contribution is 14.1. The first-order valence-corrected chi connectivity index (χ1v) is 4.07. The Hall–Kier alpha value is 0.580. The molecule has 0 bridgehead atoms. The van der Waals surface area contributed by atoms with E-state index in [0.29, 0.717) is 0 Å². The van der Waals surface area contributed by atoms with Crippen molar-refractivity contribution in [1.29, 1.82) is 0 Å². The molecule has 2 unspecified atom stereocenters. The molecular weight excluding hydrogens is 234 g/mol. The fraction of sp³-hybridized carbons (Fsp3) is 1.00. The van der Waals surface area contributed by atoms with E-state index in [1.54, 1.807) is 5.01 Å². The van der Waals surface area contributed by atoms with Crippen molar-refractivity contribution >= 4 is 22.6 Å². The van der Waals surface area contributed by atoms with Gasteiger partial charge >= 0.3 is 0 Å². The number of hydrogen-bond acceptors (Lipinski definition) is 2. The van der Waals surface area contributed by atoms with E-state index in [2.05, 4.69) is 0 Å². The van der Waals surface area contributed by atoms with Crippen molar-refractivity contribution in [2.24, 2.45) is 17.7 Å². The molecule has 1 heterocycles. The van der Waals surface area contributed by atoms with E-state index in [9.17, 15) is 4.39 Å². The zero-order valence-electron chi connectivity index (χ0n) is 4.85. The molecule has 2 fully saturated rings. The Balaban J connectivity index is 2.06. The van der Waals surface area contributed by atoms with Crippen LogP contribution in [0.3, 0.4) is 0 Å². The van der Waals surface area contributed by atoms with Gasteiger partial charge in [0.2, 0.25) is 0 Å². The summed E-state index contributed by atoms with van der Waals surface area (Å²) in [5, 5.41) is 1.70. The predicted molar refractivity (Wildman–Crippen MR) is 40.6 cm³/mol. The summed E-state index contributed by atoms with van der Waals surface area (Å²) in [6.45, 7) is 1.48. The standard InChI is InChI=1S/C5H8FIN2/c6-5(7)3-1-9(8)2-4(3)5/h3-4H,1-2,8H2. The summed E-state index contributed by atoms with van der Waals surface area (Å²) in [4.78, 5) is 0. The lowest BCUT2D eigenvalue weighted by Gasteiger charge is -2.12. The lowest BCUT2D eigenvalue weighted by atomic mass is 10.4. The van der Waals surface area contributed by atoms with E-state index in [1.165, 1.54) is 0 Å². The van der Waals surface area contributed by atoms with Crippen molar-refractivity contribution < 1.29 is 4.39 Å². The van der Waals surface area contributed by atoms with Crippen molar-refractivity contribution in [3.8, 4) is 0 Å². The minimum atomic E-state index is -0.909. The molecule has 0 amide bonds. The lowest BCUT2D eigenvalue weighted by molar-refractivity contribution is 0.258. The molecule has 4 heteroatoms. The maximum atomic E-state index is 13.0. The smallest absolute Gasteiger partial charge is 0.170 e. The molecule has 0 radical (unpaired) electrons. The molecule has 2 rings (SSSR count). The first-order chi connectivity index (χ1) is 4.12.